The molecule has 1 heterocycles. The zero-order valence-corrected chi connectivity index (χ0v) is 11.4. The quantitative estimate of drug-likeness (QED) is 0.786. The van der Waals surface area contributed by atoms with Crippen molar-refractivity contribution in [3.05, 3.63) is 59.9 Å². The second-order valence-corrected chi connectivity index (χ2v) is 4.52. The molecule has 0 fully saturated rings. The maximum Gasteiger partial charge on any atom is 0.119 e. The molecule has 2 rings (SSSR count). The van der Waals surface area contributed by atoms with Gasteiger partial charge >= 0.3 is 0 Å². The Hall–Kier alpha value is -2.09. The van der Waals surface area contributed by atoms with Crippen LogP contribution in [0, 0.1) is 0 Å². The molecule has 2 heteroatoms. The second kappa shape index (κ2) is 6.74. The third-order valence-electron chi connectivity index (χ3n) is 2.97. The lowest BCUT2D eigenvalue weighted by atomic mass is 10.1. The Morgan fingerprint density at radius 2 is 1.58 bits per heavy atom. The summed E-state index contributed by atoms with van der Waals surface area (Å²) in [6.45, 7) is 4.20. The molecule has 19 heavy (non-hydrogen) atoms. The minimum atomic E-state index is 0.262. The highest BCUT2D eigenvalue weighted by Crippen LogP contribution is 2.16. The van der Waals surface area contributed by atoms with Crippen molar-refractivity contribution in [1.29, 1.82) is 0 Å². The Morgan fingerprint density at radius 1 is 1.00 bits per heavy atom. The molecular formula is C17H19NO. The third kappa shape index (κ3) is 4.25. The Labute approximate surface area is 114 Å². The highest BCUT2D eigenvalue weighted by Gasteiger charge is 1.99. The van der Waals surface area contributed by atoms with Crippen molar-refractivity contribution >= 4 is 12.2 Å². The van der Waals surface area contributed by atoms with E-state index >= 15 is 0 Å². The first-order valence-electron chi connectivity index (χ1n) is 6.62. The van der Waals surface area contributed by atoms with Crippen molar-refractivity contribution in [3.63, 3.8) is 0 Å². The topological polar surface area (TPSA) is 22.1 Å². The van der Waals surface area contributed by atoms with Crippen molar-refractivity contribution < 1.29 is 4.74 Å². The summed E-state index contributed by atoms with van der Waals surface area (Å²) in [7, 11) is 0. The Morgan fingerprint density at radius 3 is 2.16 bits per heavy atom. The molecule has 0 aliphatic rings. The van der Waals surface area contributed by atoms with Gasteiger partial charge in [-0.25, -0.2) is 0 Å². The monoisotopic (exact) mass is 253 g/mol. The largest absolute Gasteiger partial charge is 0.491 e. The Kier molecular flexibility index (Phi) is 4.73. The molecule has 0 N–H and O–H groups in total. The van der Waals surface area contributed by atoms with Gasteiger partial charge < -0.3 is 4.74 Å². The predicted molar refractivity (Wildman–Crippen MR) is 80.0 cm³/mol. The summed E-state index contributed by atoms with van der Waals surface area (Å²) in [4.78, 5) is 4.00. The van der Waals surface area contributed by atoms with E-state index in [2.05, 4.69) is 43.1 Å². The average Bonchev–Trinajstić information content (AvgIpc) is 2.47. The molecule has 0 saturated heterocycles. The van der Waals surface area contributed by atoms with E-state index in [4.69, 9.17) is 4.74 Å². The van der Waals surface area contributed by atoms with Crippen LogP contribution in [0.4, 0.5) is 0 Å². The molecule has 0 aliphatic heterocycles. The number of pyridine rings is 1. The van der Waals surface area contributed by atoms with Crippen molar-refractivity contribution in [2.75, 3.05) is 0 Å². The van der Waals surface area contributed by atoms with Gasteiger partial charge in [-0.15, -0.1) is 0 Å². The summed E-state index contributed by atoms with van der Waals surface area (Å²) in [6, 6.07) is 12.1. The van der Waals surface area contributed by atoms with Crippen LogP contribution in [0.1, 0.15) is 31.4 Å². The number of benzene rings is 1. The molecule has 0 amide bonds. The molecule has 1 aromatic carbocycles. The van der Waals surface area contributed by atoms with Gasteiger partial charge in [0, 0.05) is 12.4 Å². The smallest absolute Gasteiger partial charge is 0.119 e. The fraction of sp³-hybridized carbons (Fsp3) is 0.235. The second-order valence-electron chi connectivity index (χ2n) is 4.52. The molecule has 0 bridgehead atoms. The first-order valence-corrected chi connectivity index (χ1v) is 6.62. The van der Waals surface area contributed by atoms with Crippen LogP contribution in [-0.4, -0.2) is 11.1 Å². The fourth-order valence-electron chi connectivity index (χ4n) is 1.64. The van der Waals surface area contributed by atoms with Crippen molar-refractivity contribution in [2.45, 2.75) is 26.4 Å². The summed E-state index contributed by atoms with van der Waals surface area (Å²) < 4.78 is 5.75. The first-order chi connectivity index (χ1) is 9.28. The summed E-state index contributed by atoms with van der Waals surface area (Å²) in [5, 5.41) is 0. The minimum Gasteiger partial charge on any atom is -0.491 e. The molecule has 0 aliphatic carbocycles. The number of hydrogen-bond donors (Lipinski definition) is 0. The molecular weight excluding hydrogens is 234 g/mol. The number of rotatable bonds is 5. The van der Waals surface area contributed by atoms with Crippen LogP contribution in [0.3, 0.4) is 0 Å². The molecule has 0 saturated carbocycles. The molecule has 1 atom stereocenters. The van der Waals surface area contributed by atoms with Crippen LogP contribution in [0.25, 0.3) is 12.2 Å². The standard InChI is InChI=1S/C17H19NO/c1-3-14(2)19-17-8-6-15(7-9-17)4-5-16-10-12-18-13-11-16/h4-14H,3H2,1-2H3/b5-4+. The van der Waals surface area contributed by atoms with Gasteiger partial charge in [0.05, 0.1) is 6.10 Å². The van der Waals surface area contributed by atoms with Crippen molar-refractivity contribution in [3.8, 4) is 5.75 Å². The fourth-order valence-corrected chi connectivity index (χ4v) is 1.64. The highest BCUT2D eigenvalue weighted by atomic mass is 16.5. The minimum absolute atomic E-state index is 0.262. The molecule has 2 aromatic rings. The first kappa shape index (κ1) is 13.3. The van der Waals surface area contributed by atoms with E-state index in [1.807, 2.05) is 24.3 Å². The van der Waals surface area contributed by atoms with Gasteiger partial charge in [-0.3, -0.25) is 4.98 Å². The molecule has 2 nitrogen and oxygen atoms in total. The van der Waals surface area contributed by atoms with E-state index in [9.17, 15) is 0 Å². The SMILES string of the molecule is CCC(C)Oc1ccc(/C=C/c2ccncc2)cc1. The third-order valence-corrected chi connectivity index (χ3v) is 2.97. The van der Waals surface area contributed by atoms with E-state index < -0.39 is 0 Å². The average molecular weight is 253 g/mol. The molecule has 98 valence electrons. The predicted octanol–water partition coefficient (Wildman–Crippen LogP) is 4.43. The van der Waals surface area contributed by atoms with Gasteiger partial charge in [-0.1, -0.05) is 31.2 Å². The number of nitrogens with zero attached hydrogens (tertiary/aromatic N) is 1. The van der Waals surface area contributed by atoms with E-state index in [0.29, 0.717) is 0 Å². The van der Waals surface area contributed by atoms with Crippen molar-refractivity contribution in [2.24, 2.45) is 0 Å². The van der Waals surface area contributed by atoms with E-state index in [1.165, 1.54) is 0 Å². The van der Waals surface area contributed by atoms with E-state index in [0.717, 1.165) is 23.3 Å². The molecule has 0 radical (unpaired) electrons. The van der Waals surface area contributed by atoms with Gasteiger partial charge in [0.25, 0.3) is 0 Å². The van der Waals surface area contributed by atoms with Crippen LogP contribution in [0.15, 0.2) is 48.8 Å². The normalized spacial score (nSPS) is 12.5. The number of ether oxygens (including phenoxy) is 1. The lowest BCUT2D eigenvalue weighted by Crippen LogP contribution is -2.09. The number of hydrogen-bond acceptors (Lipinski definition) is 2. The van der Waals surface area contributed by atoms with Gasteiger partial charge in [0.1, 0.15) is 5.75 Å². The highest BCUT2D eigenvalue weighted by molar-refractivity contribution is 5.69. The zero-order valence-electron chi connectivity index (χ0n) is 11.4. The van der Waals surface area contributed by atoms with Crippen LogP contribution in [-0.2, 0) is 0 Å². The maximum atomic E-state index is 5.75. The number of aromatic nitrogens is 1. The Bertz CT molecular complexity index is 517. The molecule has 1 aromatic heterocycles. The van der Waals surface area contributed by atoms with Crippen molar-refractivity contribution in [1.82, 2.24) is 4.98 Å². The van der Waals surface area contributed by atoms with Crippen LogP contribution in [0.5, 0.6) is 5.75 Å². The summed E-state index contributed by atoms with van der Waals surface area (Å²) in [5.41, 5.74) is 2.31. The lowest BCUT2D eigenvalue weighted by molar-refractivity contribution is 0.217. The van der Waals surface area contributed by atoms with Gasteiger partial charge in [-0.05, 0) is 48.7 Å². The van der Waals surface area contributed by atoms with Crippen LogP contribution >= 0.6 is 0 Å². The zero-order chi connectivity index (χ0) is 13.5. The van der Waals surface area contributed by atoms with E-state index in [1.54, 1.807) is 12.4 Å². The van der Waals surface area contributed by atoms with Gasteiger partial charge in [0.2, 0.25) is 0 Å². The molecule has 0 spiro atoms. The summed E-state index contributed by atoms with van der Waals surface area (Å²) in [5.74, 6) is 0.926. The summed E-state index contributed by atoms with van der Waals surface area (Å²) in [6.07, 6.45) is 9.03. The van der Waals surface area contributed by atoms with Gasteiger partial charge in [0.15, 0.2) is 0 Å². The summed E-state index contributed by atoms with van der Waals surface area (Å²) >= 11 is 0. The van der Waals surface area contributed by atoms with Crippen LogP contribution < -0.4 is 4.74 Å². The lowest BCUT2D eigenvalue weighted by Gasteiger charge is -2.12. The van der Waals surface area contributed by atoms with E-state index in [-0.39, 0.29) is 6.10 Å². The maximum absolute atomic E-state index is 5.75. The van der Waals surface area contributed by atoms with Crippen LogP contribution in [0.2, 0.25) is 0 Å². The molecule has 1 unspecified atom stereocenters. The van der Waals surface area contributed by atoms with Gasteiger partial charge in [-0.2, -0.15) is 0 Å². The Balaban J connectivity index is 2.01.